The van der Waals surface area contributed by atoms with Gasteiger partial charge in [0.25, 0.3) is 5.91 Å². The standard InChI is InChI=1S/C20H18F3NO5/c1-11(20(26)24-14-7-6-13(21)18(22)19(14)23)29-17(25)9-5-12-4-8-15(27-2)16(10-12)28-3/h4-11H,1-3H3,(H,24,26)/b9-5+/t11-/m0/s1. The highest BCUT2D eigenvalue weighted by Gasteiger charge is 2.20. The average molecular weight is 409 g/mol. The van der Waals surface area contributed by atoms with Gasteiger partial charge in [0.1, 0.15) is 0 Å². The summed E-state index contributed by atoms with van der Waals surface area (Å²) in [6.07, 6.45) is 1.21. The summed E-state index contributed by atoms with van der Waals surface area (Å²) >= 11 is 0. The minimum absolute atomic E-state index is 0.462. The summed E-state index contributed by atoms with van der Waals surface area (Å²) in [5.74, 6) is -5.43. The minimum Gasteiger partial charge on any atom is -0.493 e. The van der Waals surface area contributed by atoms with Gasteiger partial charge in [0, 0.05) is 6.08 Å². The van der Waals surface area contributed by atoms with Crippen molar-refractivity contribution in [3.8, 4) is 11.5 Å². The molecule has 29 heavy (non-hydrogen) atoms. The van der Waals surface area contributed by atoms with Crippen molar-refractivity contribution in [2.75, 3.05) is 19.5 Å². The number of esters is 1. The van der Waals surface area contributed by atoms with Crippen molar-refractivity contribution in [2.24, 2.45) is 0 Å². The molecular formula is C20H18F3NO5. The van der Waals surface area contributed by atoms with Crippen LogP contribution in [0.4, 0.5) is 18.9 Å². The summed E-state index contributed by atoms with van der Waals surface area (Å²) in [6, 6.07) is 6.47. The molecule has 0 saturated carbocycles. The first-order valence-corrected chi connectivity index (χ1v) is 8.32. The number of rotatable bonds is 7. The molecule has 0 aliphatic rings. The molecule has 1 amide bonds. The summed E-state index contributed by atoms with van der Waals surface area (Å²) in [7, 11) is 2.96. The van der Waals surface area contributed by atoms with Crippen LogP contribution in [0.3, 0.4) is 0 Å². The Kier molecular flexibility index (Phi) is 7.24. The molecule has 154 valence electrons. The molecule has 1 atom stereocenters. The molecule has 0 fully saturated rings. The predicted molar refractivity (Wildman–Crippen MR) is 99.1 cm³/mol. The van der Waals surface area contributed by atoms with E-state index in [0.29, 0.717) is 23.1 Å². The van der Waals surface area contributed by atoms with Crippen LogP contribution in [0.5, 0.6) is 11.5 Å². The van der Waals surface area contributed by atoms with Crippen molar-refractivity contribution in [1.29, 1.82) is 0 Å². The maximum atomic E-state index is 13.6. The van der Waals surface area contributed by atoms with Crippen molar-refractivity contribution in [1.82, 2.24) is 0 Å². The van der Waals surface area contributed by atoms with E-state index in [-0.39, 0.29) is 0 Å². The molecule has 2 rings (SSSR count). The summed E-state index contributed by atoms with van der Waals surface area (Å²) in [4.78, 5) is 23.9. The van der Waals surface area contributed by atoms with Gasteiger partial charge in [-0.3, -0.25) is 4.79 Å². The Labute approximate surface area is 164 Å². The van der Waals surface area contributed by atoms with Gasteiger partial charge in [0.05, 0.1) is 19.9 Å². The van der Waals surface area contributed by atoms with Crippen molar-refractivity contribution in [3.05, 3.63) is 59.4 Å². The summed E-state index contributed by atoms with van der Waals surface area (Å²) < 4.78 is 54.9. The fraction of sp³-hybridized carbons (Fsp3) is 0.200. The lowest BCUT2D eigenvalue weighted by molar-refractivity contribution is -0.148. The Morgan fingerprint density at radius 3 is 2.34 bits per heavy atom. The highest BCUT2D eigenvalue weighted by atomic mass is 19.2. The highest BCUT2D eigenvalue weighted by molar-refractivity contribution is 5.96. The molecular weight excluding hydrogens is 391 g/mol. The van der Waals surface area contributed by atoms with Crippen LogP contribution in [0.1, 0.15) is 12.5 Å². The molecule has 0 heterocycles. The lowest BCUT2D eigenvalue weighted by atomic mass is 10.2. The number of benzene rings is 2. The van der Waals surface area contributed by atoms with Gasteiger partial charge in [0.2, 0.25) is 0 Å². The zero-order chi connectivity index (χ0) is 21.6. The first-order chi connectivity index (χ1) is 13.8. The molecule has 0 spiro atoms. The zero-order valence-electron chi connectivity index (χ0n) is 15.8. The number of hydrogen-bond donors (Lipinski definition) is 1. The van der Waals surface area contributed by atoms with Gasteiger partial charge in [-0.25, -0.2) is 18.0 Å². The number of halogens is 3. The molecule has 2 aromatic carbocycles. The Bertz CT molecular complexity index is 946. The lowest BCUT2D eigenvalue weighted by Crippen LogP contribution is -2.29. The van der Waals surface area contributed by atoms with E-state index in [2.05, 4.69) is 0 Å². The van der Waals surface area contributed by atoms with Gasteiger partial charge in [-0.2, -0.15) is 0 Å². The van der Waals surface area contributed by atoms with Gasteiger partial charge in [-0.15, -0.1) is 0 Å². The first kappa shape index (κ1) is 21.8. The summed E-state index contributed by atoms with van der Waals surface area (Å²) in [5.41, 5.74) is 0.0400. The number of ether oxygens (including phenoxy) is 3. The van der Waals surface area contributed by atoms with E-state index >= 15 is 0 Å². The van der Waals surface area contributed by atoms with Gasteiger partial charge in [-0.05, 0) is 42.8 Å². The van der Waals surface area contributed by atoms with Crippen LogP contribution in [-0.2, 0) is 14.3 Å². The maximum absolute atomic E-state index is 13.6. The lowest BCUT2D eigenvalue weighted by Gasteiger charge is -2.13. The number of nitrogens with one attached hydrogen (secondary N) is 1. The van der Waals surface area contributed by atoms with E-state index in [9.17, 15) is 22.8 Å². The Morgan fingerprint density at radius 1 is 1.00 bits per heavy atom. The van der Waals surface area contributed by atoms with Crippen LogP contribution in [0.2, 0.25) is 0 Å². The SMILES string of the molecule is COc1ccc(/C=C/C(=O)O[C@@H](C)C(=O)Nc2ccc(F)c(F)c2F)cc1OC. The number of carbonyl (C=O) groups excluding carboxylic acids is 2. The van der Waals surface area contributed by atoms with Crippen LogP contribution < -0.4 is 14.8 Å². The monoisotopic (exact) mass is 409 g/mol. The van der Waals surface area contributed by atoms with E-state index in [0.717, 1.165) is 12.1 Å². The predicted octanol–water partition coefficient (Wildman–Crippen LogP) is 3.70. The summed E-state index contributed by atoms with van der Waals surface area (Å²) in [6.45, 7) is 1.25. The molecule has 0 unspecified atom stereocenters. The van der Waals surface area contributed by atoms with E-state index in [1.54, 1.807) is 18.2 Å². The normalized spacial score (nSPS) is 11.8. The van der Waals surface area contributed by atoms with Gasteiger partial charge >= 0.3 is 5.97 Å². The molecule has 0 aliphatic heterocycles. The van der Waals surface area contributed by atoms with Gasteiger partial charge in [-0.1, -0.05) is 6.07 Å². The van der Waals surface area contributed by atoms with Crippen LogP contribution in [0.15, 0.2) is 36.4 Å². The van der Waals surface area contributed by atoms with Crippen molar-refractivity contribution >= 4 is 23.6 Å². The fourth-order valence-corrected chi connectivity index (χ4v) is 2.24. The maximum Gasteiger partial charge on any atom is 0.331 e. The van der Waals surface area contributed by atoms with Crippen LogP contribution in [0.25, 0.3) is 6.08 Å². The van der Waals surface area contributed by atoms with Gasteiger partial charge < -0.3 is 19.5 Å². The third-order valence-electron chi connectivity index (χ3n) is 3.77. The second-order valence-electron chi connectivity index (χ2n) is 5.74. The van der Waals surface area contributed by atoms with E-state index in [4.69, 9.17) is 14.2 Å². The Morgan fingerprint density at radius 2 is 1.69 bits per heavy atom. The molecule has 0 saturated heterocycles. The smallest absolute Gasteiger partial charge is 0.331 e. The third-order valence-corrected chi connectivity index (χ3v) is 3.77. The number of carbonyl (C=O) groups is 2. The van der Waals surface area contributed by atoms with Crippen molar-refractivity contribution < 1.29 is 37.0 Å². The third kappa shape index (κ3) is 5.50. The second kappa shape index (κ2) is 9.63. The van der Waals surface area contributed by atoms with E-state index < -0.39 is 41.1 Å². The van der Waals surface area contributed by atoms with Crippen molar-refractivity contribution in [3.63, 3.8) is 0 Å². The quantitative estimate of drug-likeness (QED) is 0.429. The van der Waals surface area contributed by atoms with Crippen LogP contribution >= 0.6 is 0 Å². The van der Waals surface area contributed by atoms with E-state index in [1.165, 1.54) is 27.2 Å². The number of methoxy groups -OCH3 is 2. The second-order valence-corrected chi connectivity index (χ2v) is 5.74. The first-order valence-electron chi connectivity index (χ1n) is 8.32. The zero-order valence-corrected chi connectivity index (χ0v) is 15.8. The largest absolute Gasteiger partial charge is 0.493 e. The molecule has 2 aromatic rings. The molecule has 0 radical (unpaired) electrons. The minimum atomic E-state index is -1.72. The fourth-order valence-electron chi connectivity index (χ4n) is 2.24. The van der Waals surface area contributed by atoms with Crippen LogP contribution in [0, 0.1) is 17.5 Å². The molecule has 9 heteroatoms. The highest BCUT2D eigenvalue weighted by Crippen LogP contribution is 2.28. The number of amides is 1. The molecule has 0 aromatic heterocycles. The topological polar surface area (TPSA) is 73.9 Å². The van der Waals surface area contributed by atoms with Crippen molar-refractivity contribution in [2.45, 2.75) is 13.0 Å². The number of hydrogen-bond acceptors (Lipinski definition) is 5. The summed E-state index contributed by atoms with van der Waals surface area (Å²) in [5, 5.41) is 2.03. The van der Waals surface area contributed by atoms with Crippen LogP contribution in [-0.4, -0.2) is 32.2 Å². The van der Waals surface area contributed by atoms with E-state index in [1.807, 2.05) is 5.32 Å². The Balaban J connectivity index is 1.99. The average Bonchev–Trinajstić information content (AvgIpc) is 2.72. The number of anilines is 1. The molecule has 1 N–H and O–H groups in total. The molecule has 0 aliphatic carbocycles. The molecule has 0 bridgehead atoms. The molecule has 6 nitrogen and oxygen atoms in total. The van der Waals surface area contributed by atoms with Gasteiger partial charge in [0.15, 0.2) is 35.1 Å². The Hall–Kier alpha value is -3.49.